The van der Waals surface area contributed by atoms with E-state index in [4.69, 9.17) is 5.73 Å². The second kappa shape index (κ2) is 4.89. The highest BCUT2D eigenvalue weighted by Gasteiger charge is 2.06. The summed E-state index contributed by atoms with van der Waals surface area (Å²) in [6.07, 6.45) is 7.15. The second-order valence-electron chi connectivity index (χ2n) is 4.20. The summed E-state index contributed by atoms with van der Waals surface area (Å²) in [6, 6.07) is 9.60. The van der Waals surface area contributed by atoms with E-state index in [9.17, 15) is 0 Å². The van der Waals surface area contributed by atoms with E-state index < -0.39 is 0 Å². The Labute approximate surface area is 110 Å². The van der Waals surface area contributed by atoms with Crippen molar-refractivity contribution in [2.45, 2.75) is 6.54 Å². The van der Waals surface area contributed by atoms with Crippen molar-refractivity contribution in [1.29, 1.82) is 0 Å². The van der Waals surface area contributed by atoms with Crippen LogP contribution in [0.15, 0.2) is 55.2 Å². The van der Waals surface area contributed by atoms with Crippen LogP contribution in [0.1, 0.15) is 5.69 Å². The molecule has 0 saturated heterocycles. The van der Waals surface area contributed by atoms with Crippen LogP contribution < -0.4 is 5.73 Å². The molecule has 5 nitrogen and oxygen atoms in total. The van der Waals surface area contributed by atoms with E-state index >= 15 is 0 Å². The number of nitrogens with zero attached hydrogens (tertiary/aromatic N) is 4. The first-order chi connectivity index (χ1) is 9.33. The molecule has 3 heterocycles. The van der Waals surface area contributed by atoms with Crippen molar-refractivity contribution >= 4 is 5.82 Å². The summed E-state index contributed by atoms with van der Waals surface area (Å²) in [5.74, 6) is 0.513. The predicted octanol–water partition coefficient (Wildman–Crippen LogP) is 1.97. The van der Waals surface area contributed by atoms with E-state index in [2.05, 4.69) is 15.0 Å². The first-order valence-electron chi connectivity index (χ1n) is 5.95. The standard InChI is InChI=1S/C14H13N5/c15-14-5-4-11(7-18-14)13-8-16-10-19(13)9-12-3-1-2-6-17-12/h1-8,10H,9H2,(H2,15,18). The molecule has 0 fully saturated rings. The van der Waals surface area contributed by atoms with E-state index in [0.717, 1.165) is 17.0 Å². The number of pyridine rings is 2. The van der Waals surface area contributed by atoms with Gasteiger partial charge in [-0.1, -0.05) is 6.07 Å². The smallest absolute Gasteiger partial charge is 0.123 e. The molecule has 0 aromatic carbocycles. The maximum Gasteiger partial charge on any atom is 0.123 e. The number of anilines is 1. The predicted molar refractivity (Wildman–Crippen MR) is 73.2 cm³/mol. The largest absolute Gasteiger partial charge is 0.384 e. The topological polar surface area (TPSA) is 69.6 Å². The van der Waals surface area contributed by atoms with Crippen molar-refractivity contribution in [2.24, 2.45) is 0 Å². The van der Waals surface area contributed by atoms with Gasteiger partial charge in [0.25, 0.3) is 0 Å². The van der Waals surface area contributed by atoms with Crippen LogP contribution in [0.2, 0.25) is 0 Å². The van der Waals surface area contributed by atoms with Gasteiger partial charge in [-0.3, -0.25) is 4.98 Å². The quantitative estimate of drug-likeness (QED) is 0.772. The minimum atomic E-state index is 0.513. The number of aromatic nitrogens is 4. The fraction of sp³-hybridized carbons (Fsp3) is 0.0714. The van der Waals surface area contributed by atoms with E-state index in [1.807, 2.05) is 35.0 Å². The third-order valence-corrected chi connectivity index (χ3v) is 2.85. The molecule has 0 atom stereocenters. The van der Waals surface area contributed by atoms with E-state index in [-0.39, 0.29) is 0 Å². The van der Waals surface area contributed by atoms with Gasteiger partial charge in [-0.15, -0.1) is 0 Å². The van der Waals surface area contributed by atoms with Gasteiger partial charge in [0.1, 0.15) is 5.82 Å². The highest BCUT2D eigenvalue weighted by Crippen LogP contribution is 2.19. The Morgan fingerprint density at radius 3 is 2.74 bits per heavy atom. The van der Waals surface area contributed by atoms with E-state index in [1.165, 1.54) is 0 Å². The molecular weight excluding hydrogens is 238 g/mol. The minimum Gasteiger partial charge on any atom is -0.384 e. The lowest BCUT2D eigenvalue weighted by Crippen LogP contribution is -2.02. The summed E-state index contributed by atoms with van der Waals surface area (Å²) in [5, 5.41) is 0. The molecule has 94 valence electrons. The Morgan fingerprint density at radius 2 is 2.00 bits per heavy atom. The molecule has 0 aliphatic carbocycles. The van der Waals surface area contributed by atoms with Crippen LogP contribution in [-0.2, 0) is 6.54 Å². The molecule has 0 aliphatic heterocycles. The Balaban J connectivity index is 1.92. The van der Waals surface area contributed by atoms with Gasteiger partial charge in [0.05, 0.1) is 30.5 Å². The van der Waals surface area contributed by atoms with Crippen molar-refractivity contribution in [2.75, 3.05) is 5.73 Å². The lowest BCUT2D eigenvalue weighted by molar-refractivity contribution is 0.779. The Hall–Kier alpha value is -2.69. The molecule has 0 aliphatic rings. The maximum atomic E-state index is 5.60. The summed E-state index contributed by atoms with van der Waals surface area (Å²) in [7, 11) is 0. The summed E-state index contributed by atoms with van der Waals surface area (Å²) in [5.41, 5.74) is 8.58. The average molecular weight is 251 g/mol. The van der Waals surface area contributed by atoms with Gasteiger partial charge in [-0.2, -0.15) is 0 Å². The number of hydrogen-bond donors (Lipinski definition) is 1. The molecule has 3 aromatic rings. The van der Waals surface area contributed by atoms with Crippen molar-refractivity contribution in [3.63, 3.8) is 0 Å². The maximum absolute atomic E-state index is 5.60. The third-order valence-electron chi connectivity index (χ3n) is 2.85. The van der Waals surface area contributed by atoms with Crippen LogP contribution in [0.5, 0.6) is 0 Å². The number of rotatable bonds is 3. The molecule has 3 aromatic heterocycles. The lowest BCUT2D eigenvalue weighted by Gasteiger charge is -2.07. The average Bonchev–Trinajstić information content (AvgIpc) is 2.89. The van der Waals surface area contributed by atoms with Gasteiger partial charge in [-0.05, 0) is 24.3 Å². The zero-order chi connectivity index (χ0) is 13.1. The fourth-order valence-electron chi connectivity index (χ4n) is 1.91. The molecule has 0 bridgehead atoms. The first kappa shape index (κ1) is 11.4. The zero-order valence-electron chi connectivity index (χ0n) is 10.3. The van der Waals surface area contributed by atoms with Gasteiger partial charge < -0.3 is 10.3 Å². The number of nitrogen functional groups attached to an aromatic ring is 1. The fourth-order valence-corrected chi connectivity index (χ4v) is 1.91. The highest BCUT2D eigenvalue weighted by molar-refractivity contribution is 5.59. The van der Waals surface area contributed by atoms with Gasteiger partial charge in [-0.25, -0.2) is 9.97 Å². The van der Waals surface area contributed by atoms with Crippen LogP contribution in [-0.4, -0.2) is 19.5 Å². The van der Waals surface area contributed by atoms with Crippen molar-refractivity contribution in [1.82, 2.24) is 19.5 Å². The molecular formula is C14H13N5. The van der Waals surface area contributed by atoms with Crippen LogP contribution in [0.25, 0.3) is 11.3 Å². The van der Waals surface area contributed by atoms with E-state index in [0.29, 0.717) is 12.4 Å². The van der Waals surface area contributed by atoms with Gasteiger partial charge >= 0.3 is 0 Å². The lowest BCUT2D eigenvalue weighted by atomic mass is 10.2. The monoisotopic (exact) mass is 251 g/mol. The summed E-state index contributed by atoms with van der Waals surface area (Å²) in [6.45, 7) is 0.681. The minimum absolute atomic E-state index is 0.513. The normalized spacial score (nSPS) is 10.5. The summed E-state index contributed by atoms with van der Waals surface area (Å²) in [4.78, 5) is 12.6. The van der Waals surface area contributed by atoms with Gasteiger partial charge in [0.15, 0.2) is 0 Å². The van der Waals surface area contributed by atoms with Gasteiger partial charge in [0.2, 0.25) is 0 Å². The number of imidazole rings is 1. The third kappa shape index (κ3) is 2.44. The molecule has 2 N–H and O–H groups in total. The van der Waals surface area contributed by atoms with Crippen LogP contribution in [0.4, 0.5) is 5.82 Å². The first-order valence-corrected chi connectivity index (χ1v) is 5.95. The molecule has 19 heavy (non-hydrogen) atoms. The molecule has 0 unspecified atom stereocenters. The van der Waals surface area contributed by atoms with Crippen LogP contribution >= 0.6 is 0 Å². The SMILES string of the molecule is Nc1ccc(-c2cncn2Cc2ccccn2)cn1. The summed E-state index contributed by atoms with van der Waals surface area (Å²) < 4.78 is 2.04. The highest BCUT2D eigenvalue weighted by atomic mass is 15.1. The Morgan fingerprint density at radius 1 is 1.05 bits per heavy atom. The van der Waals surface area contributed by atoms with Crippen LogP contribution in [0.3, 0.4) is 0 Å². The zero-order valence-corrected chi connectivity index (χ0v) is 10.3. The van der Waals surface area contributed by atoms with E-state index in [1.54, 1.807) is 24.8 Å². The second-order valence-corrected chi connectivity index (χ2v) is 4.20. The number of nitrogens with two attached hydrogens (primary N) is 1. The van der Waals surface area contributed by atoms with Crippen molar-refractivity contribution < 1.29 is 0 Å². The molecule has 0 saturated carbocycles. The van der Waals surface area contributed by atoms with Crippen molar-refractivity contribution in [3.8, 4) is 11.3 Å². The molecule has 3 rings (SSSR count). The molecule has 0 amide bonds. The van der Waals surface area contributed by atoms with Gasteiger partial charge in [0, 0.05) is 18.0 Å². The molecule has 0 spiro atoms. The number of hydrogen-bond acceptors (Lipinski definition) is 4. The molecule has 5 heteroatoms. The molecule has 0 radical (unpaired) electrons. The Bertz CT molecular complexity index is 658. The Kier molecular flexibility index (Phi) is 2.94. The summed E-state index contributed by atoms with van der Waals surface area (Å²) >= 11 is 0. The van der Waals surface area contributed by atoms with Crippen LogP contribution in [0, 0.1) is 0 Å². The van der Waals surface area contributed by atoms with Crippen molar-refractivity contribution in [3.05, 3.63) is 60.9 Å².